The molecule has 0 amide bonds. The van der Waals surface area contributed by atoms with Crippen LogP contribution in [0.25, 0.3) is 11.6 Å². The Morgan fingerprint density at radius 2 is 1.77 bits per heavy atom. The molecule has 216 valence electrons. The highest BCUT2D eigenvalue weighted by Crippen LogP contribution is 2.46. The van der Waals surface area contributed by atoms with Crippen LogP contribution in [0.2, 0.25) is 0 Å². The maximum absolute atomic E-state index is 14.5. The van der Waals surface area contributed by atoms with Crippen LogP contribution in [-0.4, -0.2) is 38.7 Å². The fraction of sp³-hybridized carbons (Fsp3) is 0.346. The van der Waals surface area contributed by atoms with Crippen LogP contribution >= 0.6 is 0 Å². The van der Waals surface area contributed by atoms with E-state index in [1.54, 1.807) is 24.3 Å². The predicted molar refractivity (Wildman–Crippen MR) is 132 cm³/mol. The molecule has 0 bridgehead atoms. The number of benzene rings is 1. The number of hydrogen-bond donors (Lipinski definition) is 2. The van der Waals surface area contributed by atoms with Gasteiger partial charge in [-0.05, 0) is 31.4 Å². The lowest BCUT2D eigenvalue weighted by molar-refractivity contribution is -0.319. The van der Waals surface area contributed by atoms with Crippen LogP contribution in [0.5, 0.6) is 5.88 Å². The number of hydrogen-bond acceptors (Lipinski definition) is 8. The van der Waals surface area contributed by atoms with Gasteiger partial charge in [0.25, 0.3) is 17.4 Å². The van der Waals surface area contributed by atoms with Crippen molar-refractivity contribution in [1.82, 2.24) is 15.2 Å². The first-order valence-electron chi connectivity index (χ1n) is 11.8. The summed E-state index contributed by atoms with van der Waals surface area (Å²) >= 11 is 0. The van der Waals surface area contributed by atoms with E-state index in [1.165, 1.54) is 19.1 Å². The molecule has 14 heteroatoms. The Bertz CT molecular complexity index is 1310. The third-order valence-corrected chi connectivity index (χ3v) is 5.73. The van der Waals surface area contributed by atoms with Gasteiger partial charge in [0.15, 0.2) is 5.69 Å². The number of alkyl halides is 6. The summed E-state index contributed by atoms with van der Waals surface area (Å²) in [6.45, 7) is 7.62. The topological polar surface area (TPSA) is 117 Å². The Hall–Kier alpha value is -3.91. The number of nitrogen functional groups attached to an aromatic ring is 1. The number of anilines is 1. The SMILES string of the molecule is C=CCC[C@@H](C)Oc1nc(-c2nnc(C(OCc3ccccc3)(C(O)C=C)C(F)(F)F)o2)c(N)cc1C(F)(F)F. The number of pyridine rings is 1. The second kappa shape index (κ2) is 12.1. The molecule has 2 aromatic heterocycles. The third-order valence-electron chi connectivity index (χ3n) is 5.73. The largest absolute Gasteiger partial charge is 0.474 e. The average molecular weight is 573 g/mol. The molecule has 3 N–H and O–H groups in total. The minimum atomic E-state index is -5.33. The van der Waals surface area contributed by atoms with Gasteiger partial charge in [-0.25, -0.2) is 4.98 Å². The zero-order valence-electron chi connectivity index (χ0n) is 21.2. The van der Waals surface area contributed by atoms with E-state index in [4.69, 9.17) is 19.6 Å². The van der Waals surface area contributed by atoms with E-state index in [0.717, 1.165) is 0 Å². The standard InChI is InChI=1S/C26H26F6N4O4/c1-4-6-10-15(3)39-21-17(25(27,28)29)13-18(33)20(34-21)22-35-36-23(40-22)24(19(37)5-2,26(30,31)32)38-14-16-11-8-7-9-12-16/h4-5,7-9,11-13,15,19,37H,1-2,6,10,14,33H2,3H3/t15-,19?,24?/m1/s1. The van der Waals surface area contributed by atoms with E-state index >= 15 is 0 Å². The Morgan fingerprint density at radius 1 is 1.10 bits per heavy atom. The highest BCUT2D eigenvalue weighted by Gasteiger charge is 2.65. The second-order valence-electron chi connectivity index (χ2n) is 8.67. The van der Waals surface area contributed by atoms with E-state index in [2.05, 4.69) is 28.3 Å². The van der Waals surface area contributed by atoms with E-state index < -0.39 is 71.4 Å². The molecular formula is C26H26F6N4O4. The number of aromatic nitrogens is 3. The van der Waals surface area contributed by atoms with Crippen molar-refractivity contribution >= 4 is 5.69 Å². The summed E-state index contributed by atoms with van der Waals surface area (Å²) in [5, 5.41) is 17.4. The number of ether oxygens (including phenoxy) is 2. The average Bonchev–Trinajstić information content (AvgIpc) is 3.37. The van der Waals surface area contributed by atoms with Crippen LogP contribution in [0.1, 0.15) is 36.8 Å². The number of rotatable bonds is 12. The minimum Gasteiger partial charge on any atom is -0.474 e. The number of allylic oxidation sites excluding steroid dienone is 1. The van der Waals surface area contributed by atoms with Crippen molar-refractivity contribution in [3.8, 4) is 17.5 Å². The highest BCUT2D eigenvalue weighted by atomic mass is 19.4. The monoisotopic (exact) mass is 572 g/mol. The lowest BCUT2D eigenvalue weighted by Crippen LogP contribution is -2.53. The summed E-state index contributed by atoms with van der Waals surface area (Å²) < 4.78 is 100. The van der Waals surface area contributed by atoms with Crippen LogP contribution in [0, 0.1) is 0 Å². The Morgan fingerprint density at radius 3 is 2.35 bits per heavy atom. The predicted octanol–water partition coefficient (Wildman–Crippen LogP) is 5.99. The Balaban J connectivity index is 2.11. The van der Waals surface area contributed by atoms with Gasteiger partial charge >= 0.3 is 12.4 Å². The number of aliphatic hydroxyl groups is 1. The van der Waals surface area contributed by atoms with Crippen molar-refractivity contribution in [3.05, 3.63) is 78.7 Å². The Kier molecular flexibility index (Phi) is 9.25. The molecule has 0 radical (unpaired) electrons. The van der Waals surface area contributed by atoms with E-state index in [-0.39, 0.29) is 0 Å². The molecule has 0 aliphatic heterocycles. The summed E-state index contributed by atoms with van der Waals surface area (Å²) in [5.41, 5.74) is 0.0176. The Labute approximate surface area is 225 Å². The first-order valence-corrected chi connectivity index (χ1v) is 11.8. The first kappa shape index (κ1) is 30.6. The number of nitrogens with zero attached hydrogens (tertiary/aromatic N) is 3. The quantitative estimate of drug-likeness (QED) is 0.201. The maximum atomic E-state index is 14.5. The molecule has 0 fully saturated rings. The molecule has 3 aromatic rings. The summed E-state index contributed by atoms with van der Waals surface area (Å²) in [6, 6.07) is 8.27. The number of aliphatic hydroxyl groups excluding tert-OH is 1. The van der Waals surface area contributed by atoms with Crippen molar-refractivity contribution in [1.29, 1.82) is 0 Å². The fourth-order valence-corrected chi connectivity index (χ4v) is 3.63. The summed E-state index contributed by atoms with van der Waals surface area (Å²) in [6.07, 6.45) is -10.5. The van der Waals surface area contributed by atoms with E-state index in [1.807, 2.05) is 0 Å². The summed E-state index contributed by atoms with van der Waals surface area (Å²) in [5.74, 6) is -2.90. The third kappa shape index (κ3) is 6.45. The molecule has 3 atom stereocenters. The molecule has 2 heterocycles. The molecule has 8 nitrogen and oxygen atoms in total. The van der Waals surface area contributed by atoms with Gasteiger partial charge < -0.3 is 24.7 Å². The fourth-order valence-electron chi connectivity index (χ4n) is 3.63. The molecule has 0 saturated heterocycles. The van der Waals surface area contributed by atoms with Gasteiger partial charge in [0.05, 0.1) is 18.4 Å². The van der Waals surface area contributed by atoms with Crippen LogP contribution in [0.3, 0.4) is 0 Å². The van der Waals surface area contributed by atoms with Crippen LogP contribution in [0.4, 0.5) is 32.0 Å². The van der Waals surface area contributed by atoms with E-state index in [0.29, 0.717) is 30.5 Å². The molecule has 40 heavy (non-hydrogen) atoms. The van der Waals surface area contributed by atoms with Crippen molar-refractivity contribution in [2.75, 3.05) is 5.73 Å². The van der Waals surface area contributed by atoms with Gasteiger partial charge in [0, 0.05) is 0 Å². The van der Waals surface area contributed by atoms with Gasteiger partial charge in [0.2, 0.25) is 5.88 Å². The van der Waals surface area contributed by atoms with E-state index in [9.17, 15) is 31.4 Å². The molecule has 2 unspecified atom stereocenters. The zero-order chi connectivity index (χ0) is 29.7. The lowest BCUT2D eigenvalue weighted by atomic mass is 9.95. The van der Waals surface area contributed by atoms with Gasteiger partial charge in [-0.15, -0.1) is 23.4 Å². The van der Waals surface area contributed by atoms with Crippen LogP contribution in [0.15, 0.2) is 66.1 Å². The molecule has 0 aliphatic carbocycles. The van der Waals surface area contributed by atoms with Crippen molar-refractivity contribution < 1.29 is 45.3 Å². The number of halogens is 6. The van der Waals surface area contributed by atoms with Gasteiger partial charge in [-0.2, -0.15) is 26.3 Å². The van der Waals surface area contributed by atoms with Crippen LogP contribution in [-0.2, 0) is 23.1 Å². The molecule has 0 spiro atoms. The van der Waals surface area contributed by atoms with Crippen molar-refractivity contribution in [3.63, 3.8) is 0 Å². The van der Waals surface area contributed by atoms with Gasteiger partial charge in [-0.1, -0.05) is 42.5 Å². The first-order chi connectivity index (χ1) is 18.7. The molecule has 3 rings (SSSR count). The summed E-state index contributed by atoms with van der Waals surface area (Å²) in [4.78, 5) is 3.78. The second-order valence-corrected chi connectivity index (χ2v) is 8.67. The zero-order valence-corrected chi connectivity index (χ0v) is 21.2. The smallest absolute Gasteiger partial charge is 0.429 e. The van der Waals surface area contributed by atoms with Crippen LogP contribution < -0.4 is 10.5 Å². The maximum Gasteiger partial charge on any atom is 0.429 e. The molecule has 1 aromatic carbocycles. The van der Waals surface area contributed by atoms with Gasteiger partial charge in [0.1, 0.15) is 11.7 Å². The highest BCUT2D eigenvalue weighted by molar-refractivity contribution is 5.68. The molecule has 0 saturated carbocycles. The molecule has 0 aliphatic rings. The lowest BCUT2D eigenvalue weighted by Gasteiger charge is -2.35. The number of nitrogens with two attached hydrogens (primary N) is 1. The van der Waals surface area contributed by atoms with Crippen molar-refractivity contribution in [2.45, 2.75) is 56.5 Å². The summed E-state index contributed by atoms with van der Waals surface area (Å²) in [7, 11) is 0. The molecular weight excluding hydrogens is 546 g/mol. The van der Waals surface area contributed by atoms with Crippen molar-refractivity contribution in [2.24, 2.45) is 0 Å². The normalized spacial score (nSPS) is 15.2. The van der Waals surface area contributed by atoms with Gasteiger partial charge in [-0.3, -0.25) is 0 Å². The minimum absolute atomic E-state index is 0.305.